The number of aryl methyl sites for hydroxylation is 1. The standard InChI is InChI=1S/C15H21N3O4S/c1-13-3-5-14(6-4-13)18(23(2,21)22)11-15(20)17-9-7-16(12-19)8-10-17/h3-6,12H,7-11H2,1-2H3. The molecule has 7 nitrogen and oxygen atoms in total. The zero-order chi connectivity index (χ0) is 17.0. The van der Waals surface area contributed by atoms with E-state index in [-0.39, 0.29) is 12.5 Å². The highest BCUT2D eigenvalue weighted by atomic mass is 32.2. The topological polar surface area (TPSA) is 78.0 Å². The predicted molar refractivity (Wildman–Crippen MR) is 87.6 cm³/mol. The molecule has 8 heteroatoms. The van der Waals surface area contributed by atoms with Crippen molar-refractivity contribution < 1.29 is 18.0 Å². The zero-order valence-electron chi connectivity index (χ0n) is 13.3. The first-order valence-corrected chi connectivity index (χ1v) is 9.17. The third-order valence-corrected chi connectivity index (χ3v) is 4.96. The molecule has 0 aliphatic carbocycles. The van der Waals surface area contributed by atoms with Crippen molar-refractivity contribution in [2.45, 2.75) is 6.92 Å². The molecule has 0 atom stereocenters. The first-order valence-electron chi connectivity index (χ1n) is 7.33. The van der Waals surface area contributed by atoms with E-state index in [2.05, 4.69) is 0 Å². The Hall–Kier alpha value is -2.09. The van der Waals surface area contributed by atoms with Gasteiger partial charge in [-0.2, -0.15) is 0 Å². The van der Waals surface area contributed by atoms with E-state index >= 15 is 0 Å². The number of anilines is 1. The number of nitrogens with zero attached hydrogens (tertiary/aromatic N) is 3. The number of amides is 2. The van der Waals surface area contributed by atoms with Crippen LogP contribution in [0.15, 0.2) is 24.3 Å². The van der Waals surface area contributed by atoms with Crippen molar-refractivity contribution in [2.24, 2.45) is 0 Å². The molecular formula is C15H21N3O4S. The summed E-state index contributed by atoms with van der Waals surface area (Å²) in [5, 5.41) is 0. The van der Waals surface area contributed by atoms with Gasteiger partial charge in [0.2, 0.25) is 22.3 Å². The van der Waals surface area contributed by atoms with Gasteiger partial charge >= 0.3 is 0 Å². The van der Waals surface area contributed by atoms with E-state index in [0.717, 1.165) is 22.5 Å². The molecule has 1 aliphatic rings. The second kappa shape index (κ2) is 6.99. The summed E-state index contributed by atoms with van der Waals surface area (Å²) < 4.78 is 25.2. The SMILES string of the molecule is Cc1ccc(N(CC(=O)N2CCN(C=O)CC2)S(C)(=O)=O)cc1. The molecular weight excluding hydrogens is 318 g/mol. The fourth-order valence-electron chi connectivity index (χ4n) is 2.41. The Morgan fingerprint density at radius 2 is 1.74 bits per heavy atom. The number of hydrogen-bond acceptors (Lipinski definition) is 4. The van der Waals surface area contributed by atoms with Crippen LogP contribution >= 0.6 is 0 Å². The van der Waals surface area contributed by atoms with Crippen LogP contribution in [0.3, 0.4) is 0 Å². The Balaban J connectivity index is 2.11. The van der Waals surface area contributed by atoms with Crippen LogP contribution in [0.4, 0.5) is 5.69 Å². The maximum absolute atomic E-state index is 12.4. The molecule has 2 rings (SSSR count). The highest BCUT2D eigenvalue weighted by Gasteiger charge is 2.26. The van der Waals surface area contributed by atoms with Gasteiger partial charge in [-0.1, -0.05) is 17.7 Å². The fourth-order valence-corrected chi connectivity index (χ4v) is 3.26. The average Bonchev–Trinajstić information content (AvgIpc) is 2.52. The fraction of sp³-hybridized carbons (Fsp3) is 0.467. The second-order valence-electron chi connectivity index (χ2n) is 5.63. The highest BCUT2D eigenvalue weighted by molar-refractivity contribution is 7.92. The Kier molecular flexibility index (Phi) is 5.25. The van der Waals surface area contributed by atoms with E-state index in [4.69, 9.17) is 0 Å². The molecule has 0 saturated carbocycles. The summed E-state index contributed by atoms with van der Waals surface area (Å²) in [4.78, 5) is 26.3. The summed E-state index contributed by atoms with van der Waals surface area (Å²) in [6.07, 6.45) is 1.85. The van der Waals surface area contributed by atoms with E-state index in [9.17, 15) is 18.0 Å². The lowest BCUT2D eigenvalue weighted by molar-refractivity contribution is -0.133. The van der Waals surface area contributed by atoms with Gasteiger partial charge in [-0.3, -0.25) is 13.9 Å². The molecule has 0 N–H and O–H groups in total. The van der Waals surface area contributed by atoms with Gasteiger partial charge in [-0.05, 0) is 19.1 Å². The number of benzene rings is 1. The van der Waals surface area contributed by atoms with Crippen molar-refractivity contribution in [3.8, 4) is 0 Å². The number of piperazine rings is 1. The van der Waals surface area contributed by atoms with Crippen molar-refractivity contribution in [1.29, 1.82) is 0 Å². The van der Waals surface area contributed by atoms with Gasteiger partial charge < -0.3 is 9.80 Å². The number of rotatable bonds is 5. The molecule has 1 aromatic carbocycles. The molecule has 1 heterocycles. The summed E-state index contributed by atoms with van der Waals surface area (Å²) in [7, 11) is -3.56. The normalized spacial score (nSPS) is 15.4. The molecule has 0 bridgehead atoms. The van der Waals surface area contributed by atoms with Gasteiger partial charge in [0.05, 0.1) is 11.9 Å². The van der Waals surface area contributed by atoms with Crippen LogP contribution in [0.2, 0.25) is 0 Å². The lowest BCUT2D eigenvalue weighted by Crippen LogP contribution is -2.51. The first kappa shape index (κ1) is 17.3. The monoisotopic (exact) mass is 339 g/mol. The molecule has 0 aromatic heterocycles. The van der Waals surface area contributed by atoms with E-state index in [1.54, 1.807) is 34.1 Å². The third-order valence-electron chi connectivity index (χ3n) is 3.82. The van der Waals surface area contributed by atoms with E-state index < -0.39 is 10.0 Å². The smallest absolute Gasteiger partial charge is 0.243 e. The lowest BCUT2D eigenvalue weighted by Gasteiger charge is -2.34. The molecule has 0 radical (unpaired) electrons. The Morgan fingerprint density at radius 1 is 1.17 bits per heavy atom. The predicted octanol–water partition coefficient (Wildman–Crippen LogP) is 0.0616. The minimum atomic E-state index is -3.56. The lowest BCUT2D eigenvalue weighted by atomic mass is 10.2. The minimum Gasteiger partial charge on any atom is -0.342 e. The van der Waals surface area contributed by atoms with E-state index in [1.807, 2.05) is 6.92 Å². The van der Waals surface area contributed by atoms with Crippen LogP contribution in [0.1, 0.15) is 5.56 Å². The van der Waals surface area contributed by atoms with Crippen molar-refractivity contribution in [3.05, 3.63) is 29.8 Å². The Labute approximate surface area is 136 Å². The maximum atomic E-state index is 12.4. The molecule has 2 amide bonds. The molecule has 0 spiro atoms. The number of carbonyl (C=O) groups is 2. The minimum absolute atomic E-state index is 0.233. The molecule has 1 aromatic rings. The summed E-state index contributed by atoms with van der Waals surface area (Å²) in [5.41, 5.74) is 1.48. The number of sulfonamides is 1. The molecule has 126 valence electrons. The second-order valence-corrected chi connectivity index (χ2v) is 7.53. The van der Waals surface area contributed by atoms with Crippen molar-refractivity contribution in [1.82, 2.24) is 9.80 Å². The van der Waals surface area contributed by atoms with Crippen molar-refractivity contribution in [3.63, 3.8) is 0 Å². The van der Waals surface area contributed by atoms with Crippen LogP contribution < -0.4 is 4.31 Å². The van der Waals surface area contributed by atoms with Crippen molar-refractivity contribution in [2.75, 3.05) is 43.3 Å². The molecule has 0 unspecified atom stereocenters. The summed E-state index contributed by atoms with van der Waals surface area (Å²) in [6.45, 7) is 3.46. The molecule has 1 saturated heterocycles. The summed E-state index contributed by atoms with van der Waals surface area (Å²) >= 11 is 0. The largest absolute Gasteiger partial charge is 0.342 e. The Bertz CT molecular complexity index is 664. The summed E-state index contributed by atoms with van der Waals surface area (Å²) in [6, 6.07) is 6.99. The van der Waals surface area contributed by atoms with Crippen LogP contribution in [0.5, 0.6) is 0 Å². The molecule has 1 fully saturated rings. The van der Waals surface area contributed by atoms with Gasteiger partial charge in [-0.15, -0.1) is 0 Å². The van der Waals surface area contributed by atoms with E-state index in [1.165, 1.54) is 0 Å². The average molecular weight is 339 g/mol. The molecule has 23 heavy (non-hydrogen) atoms. The Morgan fingerprint density at radius 3 is 2.22 bits per heavy atom. The van der Waals surface area contributed by atoms with Crippen LogP contribution in [0.25, 0.3) is 0 Å². The van der Waals surface area contributed by atoms with E-state index in [0.29, 0.717) is 31.9 Å². The van der Waals surface area contributed by atoms with Gasteiger partial charge in [0.25, 0.3) is 0 Å². The quantitative estimate of drug-likeness (QED) is 0.711. The summed E-state index contributed by atoms with van der Waals surface area (Å²) in [5.74, 6) is -0.262. The highest BCUT2D eigenvalue weighted by Crippen LogP contribution is 2.18. The van der Waals surface area contributed by atoms with Crippen LogP contribution in [-0.4, -0.2) is 69.5 Å². The van der Waals surface area contributed by atoms with Gasteiger partial charge in [-0.25, -0.2) is 8.42 Å². The third kappa shape index (κ3) is 4.44. The van der Waals surface area contributed by atoms with Crippen LogP contribution in [0, 0.1) is 6.92 Å². The molecule has 1 aliphatic heterocycles. The van der Waals surface area contributed by atoms with Crippen molar-refractivity contribution >= 4 is 28.0 Å². The van der Waals surface area contributed by atoms with Gasteiger partial charge in [0.1, 0.15) is 6.54 Å². The van der Waals surface area contributed by atoms with Crippen LogP contribution in [-0.2, 0) is 19.6 Å². The van der Waals surface area contributed by atoms with Gasteiger partial charge in [0.15, 0.2) is 0 Å². The maximum Gasteiger partial charge on any atom is 0.243 e. The zero-order valence-corrected chi connectivity index (χ0v) is 14.1. The number of hydrogen-bond donors (Lipinski definition) is 0. The van der Waals surface area contributed by atoms with Gasteiger partial charge in [0, 0.05) is 26.2 Å². The first-order chi connectivity index (χ1) is 10.8. The number of carbonyl (C=O) groups excluding carboxylic acids is 2.